The average Bonchev–Trinajstić information content (AvgIpc) is 4.43. The lowest BCUT2D eigenvalue weighted by Gasteiger charge is -2.27. The van der Waals surface area contributed by atoms with Crippen LogP contribution in [0.2, 0.25) is 0 Å². The van der Waals surface area contributed by atoms with Crippen LogP contribution in [0, 0.1) is 0 Å². The van der Waals surface area contributed by atoms with Crippen LogP contribution in [-0.4, -0.2) is 18.7 Å². The number of thiophene rings is 2. The van der Waals surface area contributed by atoms with Crippen LogP contribution in [0.4, 0.5) is 17.1 Å². The highest BCUT2D eigenvalue weighted by Gasteiger charge is 2.27. The molecule has 0 saturated carbocycles. The van der Waals surface area contributed by atoms with Crippen LogP contribution in [0.15, 0.2) is 274 Å². The largest absolute Gasteiger partial charge is 0.311 e. The van der Waals surface area contributed by atoms with Crippen molar-refractivity contribution in [3.8, 4) is 53.0 Å². The van der Waals surface area contributed by atoms with Gasteiger partial charge < -0.3 is 9.80 Å². The first kappa shape index (κ1) is 53.0. The summed E-state index contributed by atoms with van der Waals surface area (Å²) < 4.78 is 10.2. The maximum Gasteiger partial charge on any atom is 0.116 e. The van der Waals surface area contributed by atoms with Crippen LogP contribution in [-0.2, 0) is 0 Å². The minimum absolute atomic E-state index is 0.746. The first-order valence-electron chi connectivity index (χ1n) is 25.3. The molecule has 0 bridgehead atoms. The van der Waals surface area contributed by atoms with Crippen LogP contribution in [0.3, 0.4) is 0 Å². The van der Waals surface area contributed by atoms with Crippen LogP contribution in [0.25, 0.3) is 80.7 Å². The number of hydrogen-bond acceptors (Lipinski definition) is 9. The Kier molecular flexibility index (Phi) is 17.3. The van der Waals surface area contributed by atoms with Crippen molar-refractivity contribution >= 4 is 79.1 Å². The summed E-state index contributed by atoms with van der Waals surface area (Å²) in [7, 11) is 0. The summed E-state index contributed by atoms with van der Waals surface area (Å²) in [5, 5.41) is 0. The van der Waals surface area contributed by atoms with Gasteiger partial charge in [-0.2, -0.15) is 8.75 Å². The molecule has 0 aliphatic rings. The highest BCUT2D eigenvalue weighted by molar-refractivity contribution is 7.19. The topological polar surface area (TPSA) is 58.0 Å². The highest BCUT2D eigenvalue weighted by Crippen LogP contribution is 2.48. The van der Waals surface area contributed by atoms with E-state index in [-0.39, 0.29) is 0 Å². The molecule has 0 radical (unpaired) electrons. The third-order valence-electron chi connectivity index (χ3n) is 12.5. The number of allylic oxidation sites excluding steroid dienone is 17. The number of anilines is 3. The Hall–Kier alpha value is -8.86. The molecule has 0 amide bonds. The number of benzene rings is 5. The molecule has 5 aromatic carbocycles. The van der Waals surface area contributed by atoms with Crippen LogP contribution < -0.4 is 9.80 Å². The molecule has 0 spiro atoms. The van der Waals surface area contributed by atoms with Gasteiger partial charge in [0.15, 0.2) is 0 Å². The number of fused-ring (bicyclic) bond motifs is 2. The first-order valence-corrected chi connectivity index (χ1v) is 27.7. The van der Waals surface area contributed by atoms with Gasteiger partial charge in [0.2, 0.25) is 0 Å². The van der Waals surface area contributed by atoms with Gasteiger partial charge >= 0.3 is 0 Å². The Morgan fingerprint density at radius 1 is 0.416 bits per heavy atom. The molecule has 9 rings (SSSR count). The zero-order valence-corrected chi connectivity index (χ0v) is 46.1. The van der Waals surface area contributed by atoms with Crippen molar-refractivity contribution in [2.45, 2.75) is 27.7 Å². The van der Waals surface area contributed by atoms with E-state index in [1.807, 2.05) is 119 Å². The molecule has 0 aliphatic carbocycles. The predicted molar refractivity (Wildman–Crippen MR) is 337 cm³/mol. The monoisotopic (exact) mass is 1050 g/mol. The SMILES string of the molecule is C=C/C=C(\C=C/C)c1nc2c(-c3ccc(-c4ccc(N(C(/C=C\C)=C/C=C)c5ccccc5)cc4)s3)c3nsnc3c(-c3ccc(-c4ccc(N(C(/C=C\C)=C/C=C)C(/C=C\C)=C/C=C)cc4)s3)c2nc1-c1ccccc1. The zero-order valence-electron chi connectivity index (χ0n) is 43.7. The molecule has 0 aliphatic heterocycles. The second kappa shape index (κ2) is 25.1. The first-order chi connectivity index (χ1) is 37.9. The van der Waals surface area contributed by atoms with E-state index >= 15 is 0 Å². The average molecular weight is 1060 g/mol. The molecule has 4 aromatic heterocycles. The summed E-state index contributed by atoms with van der Waals surface area (Å²) in [6, 6.07) is 46.8. The fraction of sp³-hybridized carbons (Fsp3) is 0.0588. The summed E-state index contributed by atoms with van der Waals surface area (Å²) in [6.45, 7) is 24.2. The number of hydrogen-bond donors (Lipinski definition) is 0. The van der Waals surface area contributed by atoms with Crippen molar-refractivity contribution < 1.29 is 0 Å². The van der Waals surface area contributed by atoms with Gasteiger partial charge in [-0.05, 0) is 136 Å². The Morgan fingerprint density at radius 3 is 1.36 bits per heavy atom. The Labute approximate surface area is 465 Å². The standard InChI is InChI=1S/C68H58N6S3/c1-9-23-49(24-10-2)63-64(50-31-19-17-20-32-50)70-66-62(60-46-44-57(76-60)47-35-39-55(40-36-47)73(51(25-11-3)26-12-4)52(27-13-5)28-14-6)68-67(71-77-72-68)61(65(66)69-63)59-45-43-58(75-59)48-37-41-56(42-38-48)74(53(29-15-7)30-16-8)54-33-21-18-22-34-54/h9-46H,1,3,5,7H2,2,4,6,8H3/b24-10-,26-12-,28-14-,30-16-,49-23+,51-25+,52-27+,53-29+. The smallest absolute Gasteiger partial charge is 0.116 e. The molecule has 0 fully saturated rings. The lowest BCUT2D eigenvalue weighted by atomic mass is 9.98. The molecular weight excluding hydrogens is 997 g/mol. The molecule has 4 heterocycles. The molecule has 0 unspecified atom stereocenters. The number of para-hydroxylation sites is 1. The molecule has 9 heteroatoms. The van der Waals surface area contributed by atoms with Crippen molar-refractivity contribution in [2.24, 2.45) is 0 Å². The summed E-state index contributed by atoms with van der Waals surface area (Å²) in [4.78, 5) is 20.1. The van der Waals surface area contributed by atoms with Gasteiger partial charge in [-0.25, -0.2) is 9.97 Å². The number of nitrogens with zero attached hydrogens (tertiary/aromatic N) is 6. The maximum atomic E-state index is 5.70. The van der Waals surface area contributed by atoms with Gasteiger partial charge in [-0.3, -0.25) is 0 Å². The van der Waals surface area contributed by atoms with E-state index in [1.165, 1.54) is 11.7 Å². The van der Waals surface area contributed by atoms with E-state index in [9.17, 15) is 0 Å². The Bertz CT molecular complexity index is 3820. The van der Waals surface area contributed by atoms with Crippen molar-refractivity contribution in [3.05, 3.63) is 280 Å². The molecule has 378 valence electrons. The maximum absolute atomic E-state index is 5.70. The molecule has 0 saturated heterocycles. The third kappa shape index (κ3) is 11.2. The summed E-state index contributed by atoms with van der Waals surface area (Å²) in [5.74, 6) is 0. The van der Waals surface area contributed by atoms with Crippen LogP contribution >= 0.6 is 34.4 Å². The lowest BCUT2D eigenvalue weighted by molar-refractivity contribution is 1.14. The fourth-order valence-electron chi connectivity index (χ4n) is 9.27. The normalized spacial score (nSPS) is 12.7. The van der Waals surface area contributed by atoms with Crippen molar-refractivity contribution in [1.82, 2.24) is 18.7 Å². The van der Waals surface area contributed by atoms with E-state index in [1.54, 1.807) is 28.7 Å². The third-order valence-corrected chi connectivity index (χ3v) is 15.3. The molecule has 6 nitrogen and oxygen atoms in total. The van der Waals surface area contributed by atoms with Crippen molar-refractivity contribution in [1.29, 1.82) is 0 Å². The van der Waals surface area contributed by atoms with E-state index in [4.69, 9.17) is 18.7 Å². The van der Waals surface area contributed by atoms with Gasteiger partial charge in [0.05, 0.1) is 23.1 Å². The zero-order chi connectivity index (χ0) is 53.7. The minimum Gasteiger partial charge on any atom is -0.311 e. The van der Waals surface area contributed by atoms with Crippen LogP contribution in [0.1, 0.15) is 33.4 Å². The summed E-state index contributed by atoms with van der Waals surface area (Å²) in [6.07, 6.45) is 31.8. The lowest BCUT2D eigenvalue weighted by Crippen LogP contribution is -2.19. The summed E-state index contributed by atoms with van der Waals surface area (Å²) >= 11 is 4.63. The minimum atomic E-state index is 0.746. The molecule has 0 atom stereocenters. The Morgan fingerprint density at radius 2 is 0.857 bits per heavy atom. The van der Waals surface area contributed by atoms with Gasteiger partial charge in [0, 0.05) is 75.9 Å². The molecular formula is C68H58N6S3. The number of rotatable bonds is 20. The van der Waals surface area contributed by atoms with E-state index in [0.717, 1.165) is 121 Å². The van der Waals surface area contributed by atoms with Crippen molar-refractivity contribution in [3.63, 3.8) is 0 Å². The number of aromatic nitrogens is 4. The highest BCUT2D eigenvalue weighted by atomic mass is 32.1. The summed E-state index contributed by atoms with van der Waals surface area (Å²) in [5.41, 5.74) is 16.5. The van der Waals surface area contributed by atoms with Gasteiger partial charge in [0.1, 0.15) is 22.1 Å². The molecule has 0 N–H and O–H groups in total. The van der Waals surface area contributed by atoms with E-state index in [2.05, 4.69) is 170 Å². The Balaban J connectivity index is 1.21. The second-order valence-corrected chi connectivity index (χ2v) is 20.2. The van der Waals surface area contributed by atoms with E-state index < -0.39 is 0 Å². The fourth-order valence-corrected chi connectivity index (χ4v) is 12.0. The van der Waals surface area contributed by atoms with Gasteiger partial charge in [0.25, 0.3) is 0 Å². The van der Waals surface area contributed by atoms with Crippen molar-refractivity contribution in [2.75, 3.05) is 9.80 Å². The quantitative estimate of drug-likeness (QED) is 0.0709. The molecule has 9 aromatic rings. The van der Waals surface area contributed by atoms with Gasteiger partial charge in [-0.15, -0.1) is 22.7 Å². The molecule has 77 heavy (non-hydrogen) atoms. The van der Waals surface area contributed by atoms with E-state index in [0.29, 0.717) is 0 Å². The van der Waals surface area contributed by atoms with Gasteiger partial charge in [-0.1, -0.05) is 160 Å². The second-order valence-electron chi connectivity index (χ2n) is 17.5. The van der Waals surface area contributed by atoms with Crippen LogP contribution in [0.5, 0.6) is 0 Å². The predicted octanol–water partition coefficient (Wildman–Crippen LogP) is 20.1.